The van der Waals surface area contributed by atoms with Crippen LogP contribution in [0.1, 0.15) is 24.0 Å². The predicted octanol–water partition coefficient (Wildman–Crippen LogP) is 0.617. The fraction of sp³-hybridized carbons (Fsp3) is 0.562. The zero-order valence-corrected chi connectivity index (χ0v) is 12.5. The molecular weight excluding hydrogens is 266 g/mol. The number of primary amides is 1. The number of hydrogen-bond acceptors (Lipinski definition) is 4. The first-order valence-corrected chi connectivity index (χ1v) is 7.61. The third kappa shape index (κ3) is 2.30. The van der Waals surface area contributed by atoms with Gasteiger partial charge in [0.1, 0.15) is 11.3 Å². The van der Waals surface area contributed by atoms with E-state index in [1.165, 1.54) is 5.56 Å². The number of methoxy groups -OCH3 is 1. The molecule has 3 N–H and O–H groups in total. The normalized spacial score (nSPS) is 26.1. The van der Waals surface area contributed by atoms with Gasteiger partial charge in [0, 0.05) is 26.2 Å². The van der Waals surface area contributed by atoms with Crippen molar-refractivity contribution in [2.75, 3.05) is 33.3 Å². The molecule has 1 unspecified atom stereocenters. The number of benzene rings is 1. The molecule has 1 aromatic carbocycles. The molecule has 0 aromatic heterocycles. The lowest BCUT2D eigenvalue weighted by molar-refractivity contribution is -0.132. The molecule has 114 valence electrons. The van der Waals surface area contributed by atoms with Gasteiger partial charge in [0.25, 0.3) is 0 Å². The van der Waals surface area contributed by atoms with E-state index in [0.29, 0.717) is 0 Å². The standard InChI is InChI=1S/C16H23N3O2/c1-21-13-4-5-14-12(11-13)3-2-6-16(14,15(17)20)19-9-7-18-8-10-19/h4-5,11,18H,2-3,6-10H2,1H3,(H2,17,20). The minimum Gasteiger partial charge on any atom is -0.497 e. The number of nitrogens with one attached hydrogen (secondary N) is 1. The number of nitrogens with two attached hydrogens (primary N) is 1. The highest BCUT2D eigenvalue weighted by molar-refractivity contribution is 5.87. The summed E-state index contributed by atoms with van der Waals surface area (Å²) in [5.41, 5.74) is 7.50. The van der Waals surface area contributed by atoms with E-state index in [1.807, 2.05) is 18.2 Å². The molecule has 0 bridgehead atoms. The van der Waals surface area contributed by atoms with Crippen LogP contribution in [-0.4, -0.2) is 44.1 Å². The van der Waals surface area contributed by atoms with Gasteiger partial charge in [0.15, 0.2) is 0 Å². The topological polar surface area (TPSA) is 67.6 Å². The lowest BCUT2D eigenvalue weighted by Gasteiger charge is -2.47. The van der Waals surface area contributed by atoms with Crippen LogP contribution in [0, 0.1) is 0 Å². The molecule has 0 saturated carbocycles. The summed E-state index contributed by atoms with van der Waals surface area (Å²) in [7, 11) is 1.67. The van der Waals surface area contributed by atoms with Gasteiger partial charge in [-0.3, -0.25) is 9.69 Å². The molecule has 1 aromatic rings. The van der Waals surface area contributed by atoms with E-state index in [4.69, 9.17) is 10.5 Å². The SMILES string of the molecule is COc1ccc2c(c1)CCCC2(C(N)=O)N1CCNCC1. The number of rotatable bonds is 3. The molecule has 3 rings (SSSR count). The molecular formula is C16H23N3O2. The Morgan fingerprint density at radius 1 is 1.38 bits per heavy atom. The highest BCUT2D eigenvalue weighted by Gasteiger charge is 2.47. The summed E-state index contributed by atoms with van der Waals surface area (Å²) in [5, 5.41) is 3.34. The monoisotopic (exact) mass is 289 g/mol. The number of piperazine rings is 1. The van der Waals surface area contributed by atoms with Crippen molar-refractivity contribution in [1.29, 1.82) is 0 Å². The minimum absolute atomic E-state index is 0.226. The maximum Gasteiger partial charge on any atom is 0.242 e. The Hall–Kier alpha value is -1.59. The molecule has 2 aliphatic rings. The van der Waals surface area contributed by atoms with Gasteiger partial charge in [-0.15, -0.1) is 0 Å². The molecule has 1 atom stereocenters. The van der Waals surface area contributed by atoms with Crippen LogP contribution in [0.5, 0.6) is 5.75 Å². The minimum atomic E-state index is -0.651. The van der Waals surface area contributed by atoms with Gasteiger partial charge < -0.3 is 15.8 Å². The Balaban J connectivity index is 2.08. The molecule has 1 aliphatic carbocycles. The van der Waals surface area contributed by atoms with Crippen LogP contribution in [0.3, 0.4) is 0 Å². The van der Waals surface area contributed by atoms with Gasteiger partial charge in [0.05, 0.1) is 7.11 Å². The lowest BCUT2D eigenvalue weighted by Crippen LogP contribution is -2.61. The number of amides is 1. The molecule has 1 fully saturated rings. The highest BCUT2D eigenvalue weighted by atomic mass is 16.5. The van der Waals surface area contributed by atoms with Crippen molar-refractivity contribution < 1.29 is 9.53 Å². The third-order valence-electron chi connectivity index (χ3n) is 4.81. The van der Waals surface area contributed by atoms with E-state index in [0.717, 1.165) is 56.8 Å². The number of carbonyl (C=O) groups is 1. The first-order chi connectivity index (χ1) is 10.2. The number of carbonyl (C=O) groups excluding carboxylic acids is 1. The van der Waals surface area contributed by atoms with Crippen molar-refractivity contribution in [2.24, 2.45) is 5.73 Å². The van der Waals surface area contributed by atoms with Crippen molar-refractivity contribution in [3.8, 4) is 5.75 Å². The second kappa shape index (κ2) is 5.66. The van der Waals surface area contributed by atoms with Gasteiger partial charge in [-0.2, -0.15) is 0 Å². The second-order valence-corrected chi connectivity index (χ2v) is 5.84. The van der Waals surface area contributed by atoms with Crippen LogP contribution >= 0.6 is 0 Å². The average molecular weight is 289 g/mol. The van der Waals surface area contributed by atoms with Crippen LogP contribution in [0.4, 0.5) is 0 Å². The summed E-state index contributed by atoms with van der Waals surface area (Å²) in [6, 6.07) is 6.01. The first kappa shape index (κ1) is 14.4. The fourth-order valence-corrected chi connectivity index (χ4v) is 3.76. The molecule has 0 radical (unpaired) electrons. The van der Waals surface area contributed by atoms with E-state index in [1.54, 1.807) is 7.11 Å². The van der Waals surface area contributed by atoms with Crippen LogP contribution in [-0.2, 0) is 16.8 Å². The average Bonchev–Trinajstić information content (AvgIpc) is 2.54. The van der Waals surface area contributed by atoms with E-state index < -0.39 is 5.54 Å². The summed E-state index contributed by atoms with van der Waals surface area (Å²) in [6.45, 7) is 3.52. The van der Waals surface area contributed by atoms with Crippen LogP contribution < -0.4 is 15.8 Å². The summed E-state index contributed by atoms with van der Waals surface area (Å²) in [6.07, 6.45) is 2.77. The zero-order chi connectivity index (χ0) is 14.9. The van der Waals surface area contributed by atoms with Crippen molar-refractivity contribution in [1.82, 2.24) is 10.2 Å². The van der Waals surface area contributed by atoms with Crippen LogP contribution in [0.2, 0.25) is 0 Å². The van der Waals surface area contributed by atoms with E-state index >= 15 is 0 Å². The smallest absolute Gasteiger partial charge is 0.242 e. The van der Waals surface area contributed by atoms with E-state index in [2.05, 4.69) is 10.2 Å². The second-order valence-electron chi connectivity index (χ2n) is 5.84. The number of hydrogen-bond donors (Lipinski definition) is 2. The zero-order valence-electron chi connectivity index (χ0n) is 12.5. The Bertz CT molecular complexity index is 540. The van der Waals surface area contributed by atoms with Crippen LogP contribution in [0.25, 0.3) is 0 Å². The quantitative estimate of drug-likeness (QED) is 0.856. The molecule has 1 amide bonds. The van der Waals surface area contributed by atoms with Crippen LogP contribution in [0.15, 0.2) is 18.2 Å². The largest absolute Gasteiger partial charge is 0.497 e. The molecule has 1 saturated heterocycles. The maximum absolute atomic E-state index is 12.4. The Labute approximate surface area is 125 Å². The van der Waals surface area contributed by atoms with Gasteiger partial charge in [-0.25, -0.2) is 0 Å². The summed E-state index contributed by atoms with van der Waals surface area (Å²) >= 11 is 0. The lowest BCUT2D eigenvalue weighted by atomic mass is 9.74. The van der Waals surface area contributed by atoms with Crippen molar-refractivity contribution in [2.45, 2.75) is 24.8 Å². The van der Waals surface area contributed by atoms with Crippen molar-refractivity contribution in [3.63, 3.8) is 0 Å². The molecule has 0 spiro atoms. The Kier molecular flexibility index (Phi) is 3.87. The Morgan fingerprint density at radius 2 is 2.14 bits per heavy atom. The van der Waals surface area contributed by atoms with Crippen molar-refractivity contribution >= 4 is 5.91 Å². The molecule has 5 heteroatoms. The summed E-state index contributed by atoms with van der Waals surface area (Å²) in [4.78, 5) is 14.7. The van der Waals surface area contributed by atoms with Gasteiger partial charge >= 0.3 is 0 Å². The molecule has 5 nitrogen and oxygen atoms in total. The number of nitrogens with zero attached hydrogens (tertiary/aromatic N) is 1. The fourth-order valence-electron chi connectivity index (χ4n) is 3.76. The van der Waals surface area contributed by atoms with E-state index in [9.17, 15) is 4.79 Å². The third-order valence-corrected chi connectivity index (χ3v) is 4.81. The van der Waals surface area contributed by atoms with E-state index in [-0.39, 0.29) is 5.91 Å². The summed E-state index contributed by atoms with van der Waals surface area (Å²) in [5.74, 6) is 0.616. The van der Waals surface area contributed by atoms with Crippen molar-refractivity contribution in [3.05, 3.63) is 29.3 Å². The molecule has 1 aliphatic heterocycles. The number of aryl methyl sites for hydroxylation is 1. The number of fused-ring (bicyclic) bond motifs is 1. The first-order valence-electron chi connectivity index (χ1n) is 7.61. The van der Waals surface area contributed by atoms with Gasteiger partial charge in [-0.1, -0.05) is 6.07 Å². The predicted molar refractivity (Wildman–Crippen MR) is 81.2 cm³/mol. The maximum atomic E-state index is 12.4. The molecule has 1 heterocycles. The van der Waals surface area contributed by atoms with Gasteiger partial charge in [-0.05, 0) is 42.5 Å². The number of ether oxygens (including phenoxy) is 1. The Morgan fingerprint density at radius 3 is 2.81 bits per heavy atom. The van der Waals surface area contributed by atoms with Gasteiger partial charge in [0.2, 0.25) is 5.91 Å². The molecule has 21 heavy (non-hydrogen) atoms. The highest BCUT2D eigenvalue weighted by Crippen LogP contribution is 2.41. The summed E-state index contributed by atoms with van der Waals surface area (Å²) < 4.78 is 5.31.